The number of pyridine rings is 1. The Labute approximate surface area is 132 Å². The van der Waals surface area contributed by atoms with Gasteiger partial charge in [-0.05, 0) is 30.3 Å². The molecular formula is C16H15N5O2. The number of imidazole rings is 1. The number of rotatable bonds is 3. The summed E-state index contributed by atoms with van der Waals surface area (Å²) in [6.07, 6.45) is 3.33. The van der Waals surface area contributed by atoms with Crippen molar-refractivity contribution in [3.63, 3.8) is 0 Å². The monoisotopic (exact) mass is 309 g/mol. The number of nitrogens with zero attached hydrogens (tertiary/aromatic N) is 2. The number of fused-ring (bicyclic) bond motifs is 1. The highest BCUT2D eigenvalue weighted by Crippen LogP contribution is 2.14. The summed E-state index contributed by atoms with van der Waals surface area (Å²) in [4.78, 5) is 27.8. The van der Waals surface area contributed by atoms with Gasteiger partial charge >= 0.3 is 6.03 Å². The summed E-state index contributed by atoms with van der Waals surface area (Å²) in [6, 6.07) is 11.8. The van der Waals surface area contributed by atoms with Crippen LogP contribution in [0.4, 0.5) is 16.3 Å². The quantitative estimate of drug-likeness (QED) is 0.694. The third kappa shape index (κ3) is 3.13. The van der Waals surface area contributed by atoms with Gasteiger partial charge in [-0.25, -0.2) is 9.78 Å². The van der Waals surface area contributed by atoms with Crippen molar-refractivity contribution >= 4 is 29.0 Å². The van der Waals surface area contributed by atoms with Crippen molar-refractivity contribution in [2.45, 2.75) is 0 Å². The van der Waals surface area contributed by atoms with Crippen molar-refractivity contribution in [1.82, 2.24) is 14.7 Å². The number of aromatic nitrogens is 2. The molecule has 3 rings (SSSR count). The van der Waals surface area contributed by atoms with Gasteiger partial charge in [-0.3, -0.25) is 14.5 Å². The first-order valence-corrected chi connectivity index (χ1v) is 6.98. The zero-order valence-electron chi connectivity index (χ0n) is 12.4. The Balaban J connectivity index is 1.75. The third-order valence-electron chi connectivity index (χ3n) is 3.30. The highest BCUT2D eigenvalue weighted by molar-refractivity contribution is 6.01. The largest absolute Gasteiger partial charge is 0.355 e. The van der Waals surface area contributed by atoms with Crippen molar-refractivity contribution in [2.75, 3.05) is 17.7 Å². The van der Waals surface area contributed by atoms with Gasteiger partial charge in [0.2, 0.25) is 0 Å². The minimum atomic E-state index is -0.403. The number of urea groups is 1. The van der Waals surface area contributed by atoms with E-state index in [1.54, 1.807) is 54.3 Å². The fourth-order valence-corrected chi connectivity index (χ4v) is 2.21. The maximum Gasteiger partial charge on any atom is 0.324 e. The predicted octanol–water partition coefficient (Wildman–Crippen LogP) is 2.34. The number of amides is 3. The van der Waals surface area contributed by atoms with Crippen molar-refractivity contribution in [1.29, 1.82) is 0 Å². The maximum atomic E-state index is 12.1. The van der Waals surface area contributed by atoms with E-state index in [4.69, 9.17) is 0 Å². The molecule has 23 heavy (non-hydrogen) atoms. The van der Waals surface area contributed by atoms with Crippen molar-refractivity contribution in [3.8, 4) is 0 Å². The Morgan fingerprint density at radius 3 is 2.74 bits per heavy atom. The first-order chi connectivity index (χ1) is 11.2. The normalized spacial score (nSPS) is 10.3. The van der Waals surface area contributed by atoms with Gasteiger partial charge in [0.1, 0.15) is 12.1 Å². The van der Waals surface area contributed by atoms with Gasteiger partial charge in [0, 0.05) is 18.3 Å². The second-order valence-electron chi connectivity index (χ2n) is 4.84. The van der Waals surface area contributed by atoms with Crippen LogP contribution in [0.5, 0.6) is 0 Å². The molecule has 0 fully saturated rings. The smallest absolute Gasteiger partial charge is 0.324 e. The van der Waals surface area contributed by atoms with Gasteiger partial charge in [-0.2, -0.15) is 0 Å². The van der Waals surface area contributed by atoms with E-state index in [1.807, 2.05) is 12.1 Å². The van der Waals surface area contributed by atoms with E-state index < -0.39 is 6.03 Å². The average Bonchev–Trinajstić information content (AvgIpc) is 3.04. The van der Waals surface area contributed by atoms with E-state index in [2.05, 4.69) is 20.9 Å². The first-order valence-electron chi connectivity index (χ1n) is 6.98. The lowest BCUT2D eigenvalue weighted by atomic mass is 10.2. The van der Waals surface area contributed by atoms with Gasteiger partial charge in [0.25, 0.3) is 5.91 Å². The summed E-state index contributed by atoms with van der Waals surface area (Å²) in [7, 11) is 1.56. The molecule has 0 saturated carbocycles. The summed E-state index contributed by atoms with van der Waals surface area (Å²) in [6.45, 7) is 0. The zero-order chi connectivity index (χ0) is 16.2. The number of hydrogen-bond acceptors (Lipinski definition) is 3. The van der Waals surface area contributed by atoms with E-state index in [0.717, 1.165) is 5.52 Å². The maximum absolute atomic E-state index is 12.1. The zero-order valence-corrected chi connectivity index (χ0v) is 12.4. The highest BCUT2D eigenvalue weighted by atomic mass is 16.2. The number of benzene rings is 1. The molecule has 7 heteroatoms. The van der Waals surface area contributed by atoms with Crippen LogP contribution in [0, 0.1) is 0 Å². The Bertz CT molecular complexity index is 872. The molecule has 0 radical (unpaired) electrons. The molecule has 1 aromatic carbocycles. The summed E-state index contributed by atoms with van der Waals surface area (Å²) >= 11 is 0. The van der Waals surface area contributed by atoms with E-state index >= 15 is 0 Å². The Morgan fingerprint density at radius 1 is 1.09 bits per heavy atom. The fourth-order valence-electron chi connectivity index (χ4n) is 2.21. The lowest BCUT2D eigenvalue weighted by molar-refractivity contribution is 0.0963. The number of hydrogen-bond donors (Lipinski definition) is 3. The van der Waals surface area contributed by atoms with Gasteiger partial charge < -0.3 is 10.6 Å². The van der Waals surface area contributed by atoms with E-state index in [-0.39, 0.29) is 5.91 Å². The molecule has 0 bridgehead atoms. The van der Waals surface area contributed by atoms with Gasteiger partial charge in [0.15, 0.2) is 0 Å². The second-order valence-corrected chi connectivity index (χ2v) is 4.84. The summed E-state index contributed by atoms with van der Waals surface area (Å²) < 4.78 is 1.76. The molecule has 0 atom stereocenters. The number of carbonyl (C=O) groups excluding carboxylic acids is 2. The number of carbonyl (C=O) groups is 2. The second kappa shape index (κ2) is 6.18. The summed E-state index contributed by atoms with van der Waals surface area (Å²) in [5.41, 5.74) is 1.88. The standard InChI is InChI=1S/C16H15N5O2/c1-17-15(22)11-4-2-5-12(8-11)19-16(23)20-14-7-3-6-13-9-18-10-21(13)14/h2-10H,1H3,(H,17,22)(H2,19,20,23). The molecule has 116 valence electrons. The molecule has 7 nitrogen and oxygen atoms in total. The minimum Gasteiger partial charge on any atom is -0.355 e. The van der Waals surface area contributed by atoms with E-state index in [0.29, 0.717) is 17.1 Å². The molecule has 3 N–H and O–H groups in total. The van der Waals surface area contributed by atoms with Crippen LogP contribution in [-0.4, -0.2) is 28.4 Å². The van der Waals surface area contributed by atoms with E-state index in [9.17, 15) is 9.59 Å². The first kappa shape index (κ1) is 14.6. The molecule has 0 aliphatic heterocycles. The molecule has 0 saturated heterocycles. The fraction of sp³-hybridized carbons (Fsp3) is 0.0625. The molecule has 0 aliphatic carbocycles. The minimum absolute atomic E-state index is 0.211. The molecule has 0 aliphatic rings. The molecule has 2 aromatic heterocycles. The topological polar surface area (TPSA) is 87.5 Å². The Kier molecular flexibility index (Phi) is 3.92. The van der Waals surface area contributed by atoms with Crippen molar-refractivity contribution in [2.24, 2.45) is 0 Å². The molecule has 0 unspecified atom stereocenters. The van der Waals surface area contributed by atoms with Crippen molar-refractivity contribution < 1.29 is 9.59 Å². The van der Waals surface area contributed by atoms with Crippen LogP contribution in [0.25, 0.3) is 5.52 Å². The lowest BCUT2D eigenvalue weighted by Crippen LogP contribution is -2.22. The van der Waals surface area contributed by atoms with Crippen LogP contribution in [0.1, 0.15) is 10.4 Å². The molecule has 2 heterocycles. The van der Waals surface area contributed by atoms with Gasteiger partial charge in [-0.15, -0.1) is 0 Å². The SMILES string of the molecule is CNC(=O)c1cccc(NC(=O)Nc2cccc3cncn23)c1. The summed E-state index contributed by atoms with van der Waals surface area (Å²) in [5.74, 6) is 0.386. The van der Waals surface area contributed by atoms with E-state index in [1.165, 1.54) is 0 Å². The Hall–Kier alpha value is -3.35. The molecular weight excluding hydrogens is 294 g/mol. The van der Waals surface area contributed by atoms with Gasteiger partial charge in [0.05, 0.1) is 11.7 Å². The highest BCUT2D eigenvalue weighted by Gasteiger charge is 2.08. The molecule has 3 aromatic rings. The van der Waals surface area contributed by atoms with Crippen LogP contribution in [-0.2, 0) is 0 Å². The van der Waals surface area contributed by atoms with Gasteiger partial charge in [-0.1, -0.05) is 12.1 Å². The molecule has 0 spiro atoms. The lowest BCUT2D eigenvalue weighted by Gasteiger charge is -2.10. The Morgan fingerprint density at radius 2 is 1.91 bits per heavy atom. The third-order valence-corrected chi connectivity index (χ3v) is 3.30. The van der Waals surface area contributed by atoms with Crippen LogP contribution in [0.2, 0.25) is 0 Å². The number of anilines is 2. The number of nitrogens with one attached hydrogen (secondary N) is 3. The predicted molar refractivity (Wildman–Crippen MR) is 87.7 cm³/mol. The summed E-state index contributed by atoms with van der Waals surface area (Å²) in [5, 5.41) is 8.00. The van der Waals surface area contributed by atoms with Crippen LogP contribution in [0.3, 0.4) is 0 Å². The molecule has 3 amide bonds. The average molecular weight is 309 g/mol. The van der Waals surface area contributed by atoms with Crippen LogP contribution in [0.15, 0.2) is 55.0 Å². The van der Waals surface area contributed by atoms with Crippen molar-refractivity contribution in [3.05, 3.63) is 60.6 Å². The van der Waals surface area contributed by atoms with Crippen LogP contribution < -0.4 is 16.0 Å². The van der Waals surface area contributed by atoms with Crippen LogP contribution >= 0.6 is 0 Å².